The van der Waals surface area contributed by atoms with E-state index in [-0.39, 0.29) is 11.7 Å². The molecule has 0 spiro atoms. The predicted octanol–water partition coefficient (Wildman–Crippen LogP) is 2.15. The molecule has 4 rings (SSSR count). The van der Waals surface area contributed by atoms with E-state index in [1.54, 1.807) is 41.8 Å². The van der Waals surface area contributed by atoms with Gasteiger partial charge in [0.2, 0.25) is 5.91 Å². The van der Waals surface area contributed by atoms with Crippen molar-refractivity contribution in [2.24, 2.45) is 5.73 Å². The minimum absolute atomic E-state index is 0.159. The van der Waals surface area contributed by atoms with Crippen LogP contribution < -0.4 is 20.7 Å². The minimum atomic E-state index is -2.78. The van der Waals surface area contributed by atoms with Crippen LogP contribution in [-0.2, 0) is 20.9 Å². The summed E-state index contributed by atoms with van der Waals surface area (Å²) >= 11 is 0. The fraction of sp³-hybridized carbons (Fsp3) is 0.429. The number of carbonyl (C=O) groups is 1. The molecule has 1 saturated heterocycles. The molecule has 11 heteroatoms. The molecule has 32 heavy (non-hydrogen) atoms. The van der Waals surface area contributed by atoms with E-state index in [9.17, 15) is 18.4 Å². The van der Waals surface area contributed by atoms with Gasteiger partial charge in [-0.1, -0.05) is 0 Å². The number of hydrogen-bond acceptors (Lipinski definition) is 7. The number of nitrogens with one attached hydrogen (secondary N) is 1. The highest BCUT2D eigenvalue weighted by Gasteiger charge is 2.52. The van der Waals surface area contributed by atoms with Gasteiger partial charge in [0, 0.05) is 18.0 Å². The van der Waals surface area contributed by atoms with Crippen LogP contribution in [-0.4, -0.2) is 52.1 Å². The third-order valence-electron chi connectivity index (χ3n) is 5.53. The lowest BCUT2D eigenvalue weighted by molar-refractivity contribution is -0.118. The molecule has 2 aromatic rings. The van der Waals surface area contributed by atoms with E-state index in [2.05, 4.69) is 10.3 Å². The van der Waals surface area contributed by atoms with Crippen molar-refractivity contribution in [2.45, 2.75) is 51.4 Å². The fourth-order valence-corrected chi connectivity index (χ4v) is 3.92. The molecule has 1 amide bonds. The fourth-order valence-electron chi connectivity index (χ4n) is 3.92. The highest BCUT2D eigenvalue weighted by atomic mass is 19.3. The maximum atomic E-state index is 13.9. The molecule has 0 bridgehead atoms. The van der Waals surface area contributed by atoms with E-state index in [1.165, 1.54) is 13.8 Å². The van der Waals surface area contributed by atoms with E-state index >= 15 is 0 Å². The van der Waals surface area contributed by atoms with Crippen molar-refractivity contribution in [1.29, 1.82) is 0 Å². The van der Waals surface area contributed by atoms with Crippen LogP contribution in [0.15, 0.2) is 30.3 Å². The first kappa shape index (κ1) is 21.6. The van der Waals surface area contributed by atoms with Crippen molar-refractivity contribution in [3.8, 4) is 17.1 Å². The van der Waals surface area contributed by atoms with Gasteiger partial charge in [0.1, 0.15) is 35.9 Å². The SMILES string of the molecule is C[C@H](Nc1ccc2c(c1)OCCn1cc(N3C(=C=O)OC(C)(C)[C@H]3C(F)F)nc1-2)C(N)=O. The zero-order valence-corrected chi connectivity index (χ0v) is 17.8. The Hall–Kier alpha value is -3.59. The van der Waals surface area contributed by atoms with E-state index in [4.69, 9.17) is 15.2 Å². The molecule has 2 aliphatic rings. The smallest absolute Gasteiger partial charge is 0.285 e. The number of nitrogens with two attached hydrogens (primary N) is 1. The second-order valence-corrected chi connectivity index (χ2v) is 8.21. The largest absolute Gasteiger partial charge is 0.491 e. The van der Waals surface area contributed by atoms with Gasteiger partial charge in [0.15, 0.2) is 11.8 Å². The quantitative estimate of drug-likeness (QED) is 0.676. The number of halogens is 2. The summed E-state index contributed by atoms with van der Waals surface area (Å²) in [5.74, 6) is 1.95. The lowest BCUT2D eigenvalue weighted by atomic mass is 9.99. The molecule has 0 radical (unpaired) electrons. The summed E-state index contributed by atoms with van der Waals surface area (Å²) < 4.78 is 40.9. The van der Waals surface area contributed by atoms with Gasteiger partial charge in [0.05, 0.1) is 12.1 Å². The van der Waals surface area contributed by atoms with Gasteiger partial charge in [-0.3, -0.25) is 9.69 Å². The third-order valence-corrected chi connectivity index (χ3v) is 5.53. The second-order valence-electron chi connectivity index (χ2n) is 8.21. The van der Waals surface area contributed by atoms with Crippen molar-refractivity contribution in [3.05, 3.63) is 30.3 Å². The Morgan fingerprint density at radius 3 is 2.81 bits per heavy atom. The number of amides is 1. The number of primary amides is 1. The molecule has 0 aliphatic carbocycles. The average molecular weight is 447 g/mol. The predicted molar refractivity (Wildman–Crippen MR) is 112 cm³/mol. The molecule has 0 unspecified atom stereocenters. The van der Waals surface area contributed by atoms with Crippen LogP contribution in [0.5, 0.6) is 5.75 Å². The Morgan fingerprint density at radius 2 is 2.16 bits per heavy atom. The highest BCUT2D eigenvalue weighted by Crippen LogP contribution is 2.42. The van der Waals surface area contributed by atoms with Crippen LogP contribution in [0.25, 0.3) is 11.4 Å². The van der Waals surface area contributed by atoms with E-state index in [0.717, 1.165) is 4.90 Å². The first-order valence-corrected chi connectivity index (χ1v) is 10.0. The molecule has 1 fully saturated rings. The Bertz CT molecular complexity index is 1110. The summed E-state index contributed by atoms with van der Waals surface area (Å²) in [6.45, 7) is 5.35. The molecular weight excluding hydrogens is 424 g/mol. The average Bonchev–Trinajstić information content (AvgIpc) is 3.20. The molecule has 2 aliphatic heterocycles. The highest BCUT2D eigenvalue weighted by molar-refractivity contribution is 5.83. The number of imidazole rings is 1. The Labute approximate surface area is 182 Å². The van der Waals surface area contributed by atoms with E-state index < -0.39 is 30.0 Å². The van der Waals surface area contributed by atoms with Gasteiger partial charge < -0.3 is 25.1 Å². The summed E-state index contributed by atoms with van der Waals surface area (Å²) in [5, 5.41) is 2.99. The van der Waals surface area contributed by atoms with Gasteiger partial charge in [-0.15, -0.1) is 0 Å². The van der Waals surface area contributed by atoms with Crippen molar-refractivity contribution >= 4 is 23.4 Å². The number of benzene rings is 1. The summed E-state index contributed by atoms with van der Waals surface area (Å²) in [6.07, 6.45) is -1.19. The molecule has 2 atom stereocenters. The molecule has 0 saturated carbocycles. The Balaban J connectivity index is 1.74. The molecule has 170 valence electrons. The first-order chi connectivity index (χ1) is 15.1. The van der Waals surface area contributed by atoms with Gasteiger partial charge >= 0.3 is 0 Å². The number of carbonyl (C=O) groups excluding carboxylic acids is 2. The third kappa shape index (κ3) is 3.64. The Morgan fingerprint density at radius 1 is 1.41 bits per heavy atom. The number of ether oxygens (including phenoxy) is 2. The summed E-state index contributed by atoms with van der Waals surface area (Å²) in [4.78, 5) is 28.4. The molecule has 1 aromatic carbocycles. The van der Waals surface area contributed by atoms with E-state index in [1.807, 2.05) is 0 Å². The maximum absolute atomic E-state index is 13.9. The normalized spacial score (nSPS) is 19.9. The lowest BCUT2D eigenvalue weighted by Gasteiger charge is -2.27. The zero-order valence-electron chi connectivity index (χ0n) is 17.8. The van der Waals surface area contributed by atoms with Crippen molar-refractivity contribution in [1.82, 2.24) is 9.55 Å². The number of nitrogens with zero attached hydrogens (tertiary/aromatic N) is 3. The molecule has 3 heterocycles. The molecule has 9 nitrogen and oxygen atoms in total. The number of alkyl halides is 2. The van der Waals surface area contributed by atoms with Crippen molar-refractivity contribution < 1.29 is 27.8 Å². The number of fused-ring (bicyclic) bond motifs is 3. The van der Waals surface area contributed by atoms with Crippen LogP contribution in [0.4, 0.5) is 20.3 Å². The number of aromatic nitrogens is 2. The van der Waals surface area contributed by atoms with E-state index in [0.29, 0.717) is 36.0 Å². The van der Waals surface area contributed by atoms with Crippen LogP contribution >= 0.6 is 0 Å². The Kier molecular flexibility index (Phi) is 5.29. The van der Waals surface area contributed by atoms with Gasteiger partial charge in [-0.25, -0.2) is 18.6 Å². The topological polar surface area (TPSA) is 112 Å². The van der Waals surface area contributed by atoms with Gasteiger partial charge in [0.25, 0.3) is 12.3 Å². The van der Waals surface area contributed by atoms with Crippen LogP contribution in [0.3, 0.4) is 0 Å². The summed E-state index contributed by atoms with van der Waals surface area (Å²) in [5.41, 5.74) is 5.27. The van der Waals surface area contributed by atoms with Crippen molar-refractivity contribution in [3.63, 3.8) is 0 Å². The van der Waals surface area contributed by atoms with Gasteiger partial charge in [-0.2, -0.15) is 0 Å². The second kappa shape index (κ2) is 7.83. The minimum Gasteiger partial charge on any atom is -0.491 e. The number of hydrogen-bond donors (Lipinski definition) is 2. The van der Waals surface area contributed by atoms with Crippen LogP contribution in [0.2, 0.25) is 0 Å². The van der Waals surface area contributed by atoms with Crippen molar-refractivity contribution in [2.75, 3.05) is 16.8 Å². The lowest BCUT2D eigenvalue weighted by Crippen LogP contribution is -2.46. The molecular formula is C21H23F2N5O4. The standard InChI is InChI=1S/C21H23F2N5O4/c1-11(19(24)30)25-12-4-5-13-14(8-12)31-7-6-27-9-15(26-20(13)27)28-16(10-29)32-21(2,3)17(28)18(22)23/h4-5,8-9,11,17-18,25H,6-7H2,1-3H3,(H2,24,30)/t11-,17+/m0/s1. The molecule has 3 N–H and O–H groups in total. The zero-order chi connectivity index (χ0) is 23.2. The van der Waals surface area contributed by atoms with Crippen LogP contribution in [0, 0.1) is 0 Å². The monoisotopic (exact) mass is 447 g/mol. The summed E-state index contributed by atoms with van der Waals surface area (Å²) in [7, 11) is 0. The summed E-state index contributed by atoms with van der Waals surface area (Å²) in [6, 6.07) is 3.23. The van der Waals surface area contributed by atoms with Gasteiger partial charge in [-0.05, 0) is 32.9 Å². The number of anilines is 2. The first-order valence-electron chi connectivity index (χ1n) is 10.0. The molecule has 1 aromatic heterocycles. The maximum Gasteiger partial charge on any atom is 0.285 e. The van der Waals surface area contributed by atoms with Crippen LogP contribution in [0.1, 0.15) is 20.8 Å². The number of rotatable bonds is 5.